The van der Waals surface area contributed by atoms with Gasteiger partial charge in [-0.05, 0) is 13.8 Å². The first kappa shape index (κ1) is 8.97. The third-order valence-corrected chi connectivity index (χ3v) is 1.64. The van der Waals surface area contributed by atoms with Crippen molar-refractivity contribution in [1.29, 1.82) is 0 Å². The van der Waals surface area contributed by atoms with Gasteiger partial charge in [-0.3, -0.25) is 0 Å². The average Bonchev–Trinajstić information content (AvgIpc) is 2.07. The minimum Gasteiger partial charge on any atom is -0.376 e. The van der Waals surface area contributed by atoms with E-state index in [9.17, 15) is 0 Å². The maximum absolute atomic E-state index is 5.38. The van der Waals surface area contributed by atoms with Crippen LogP contribution in [0.1, 0.15) is 6.92 Å². The van der Waals surface area contributed by atoms with E-state index in [-0.39, 0.29) is 12.2 Å². The highest BCUT2D eigenvalue weighted by molar-refractivity contribution is 4.74. The van der Waals surface area contributed by atoms with Gasteiger partial charge in [-0.15, -0.1) is 0 Å². The van der Waals surface area contributed by atoms with Gasteiger partial charge in [0.1, 0.15) is 6.10 Å². The van der Waals surface area contributed by atoms with E-state index in [1.807, 2.05) is 6.92 Å². The predicted octanol–water partition coefficient (Wildman–Crippen LogP) is 0.641. The van der Waals surface area contributed by atoms with Crippen LogP contribution in [-0.4, -0.2) is 38.6 Å². The molecule has 0 aliphatic carbocycles. The second-order valence-corrected chi connectivity index (χ2v) is 2.48. The Balaban J connectivity index is 2.21. The standard InChI is InChI=1S/C8H15O3/c1-3-10-7(2)8-6-9-4-5-11-8/h7-8H,2-6H2,1H3. The van der Waals surface area contributed by atoms with Crippen molar-refractivity contribution in [3.05, 3.63) is 6.92 Å². The van der Waals surface area contributed by atoms with Gasteiger partial charge in [0.05, 0.1) is 25.9 Å². The predicted molar refractivity (Wildman–Crippen MR) is 41.3 cm³/mol. The Hall–Kier alpha value is -0.120. The summed E-state index contributed by atoms with van der Waals surface area (Å²) < 4.78 is 15.8. The summed E-state index contributed by atoms with van der Waals surface area (Å²) in [6, 6.07) is 0. The Morgan fingerprint density at radius 2 is 2.45 bits per heavy atom. The molecule has 2 atom stereocenters. The second-order valence-electron chi connectivity index (χ2n) is 2.48. The molecule has 3 heteroatoms. The number of hydrogen-bond acceptors (Lipinski definition) is 3. The van der Waals surface area contributed by atoms with E-state index in [2.05, 4.69) is 6.92 Å². The fourth-order valence-corrected chi connectivity index (χ4v) is 1.04. The lowest BCUT2D eigenvalue weighted by Crippen LogP contribution is -2.38. The number of rotatable bonds is 3. The highest BCUT2D eigenvalue weighted by Gasteiger charge is 2.21. The van der Waals surface area contributed by atoms with Crippen molar-refractivity contribution in [1.82, 2.24) is 0 Å². The normalized spacial score (nSPS) is 28.4. The molecule has 1 fully saturated rings. The summed E-state index contributed by atoms with van der Waals surface area (Å²) in [5, 5.41) is 0. The fourth-order valence-electron chi connectivity index (χ4n) is 1.04. The molecule has 2 unspecified atom stereocenters. The second kappa shape index (κ2) is 4.70. The van der Waals surface area contributed by atoms with Crippen molar-refractivity contribution in [2.24, 2.45) is 0 Å². The van der Waals surface area contributed by atoms with E-state index in [0.717, 1.165) is 0 Å². The van der Waals surface area contributed by atoms with Crippen molar-refractivity contribution in [3.8, 4) is 0 Å². The summed E-state index contributed by atoms with van der Waals surface area (Å²) in [7, 11) is 0. The van der Waals surface area contributed by atoms with Crippen LogP contribution >= 0.6 is 0 Å². The van der Waals surface area contributed by atoms with Crippen LogP contribution in [0.3, 0.4) is 0 Å². The Morgan fingerprint density at radius 3 is 3.00 bits per heavy atom. The smallest absolute Gasteiger partial charge is 0.107 e. The lowest BCUT2D eigenvalue weighted by atomic mass is 10.2. The van der Waals surface area contributed by atoms with Crippen LogP contribution in [0.5, 0.6) is 0 Å². The first-order valence-corrected chi connectivity index (χ1v) is 3.98. The van der Waals surface area contributed by atoms with Crippen molar-refractivity contribution >= 4 is 0 Å². The molecule has 1 aliphatic rings. The van der Waals surface area contributed by atoms with Gasteiger partial charge in [-0.2, -0.15) is 0 Å². The van der Waals surface area contributed by atoms with Crippen LogP contribution in [0.4, 0.5) is 0 Å². The van der Waals surface area contributed by atoms with Crippen molar-refractivity contribution in [3.63, 3.8) is 0 Å². The maximum Gasteiger partial charge on any atom is 0.107 e. The van der Waals surface area contributed by atoms with E-state index in [0.29, 0.717) is 26.4 Å². The Kier molecular flexibility index (Phi) is 3.83. The summed E-state index contributed by atoms with van der Waals surface area (Å²) in [6.45, 7) is 8.40. The van der Waals surface area contributed by atoms with Gasteiger partial charge >= 0.3 is 0 Å². The summed E-state index contributed by atoms with van der Waals surface area (Å²) in [5.74, 6) is 0. The molecule has 0 aromatic carbocycles. The summed E-state index contributed by atoms with van der Waals surface area (Å²) >= 11 is 0. The molecule has 0 bridgehead atoms. The van der Waals surface area contributed by atoms with Crippen LogP contribution in [0, 0.1) is 6.92 Å². The zero-order chi connectivity index (χ0) is 8.10. The largest absolute Gasteiger partial charge is 0.376 e. The molecule has 1 rings (SSSR count). The Labute approximate surface area is 67.6 Å². The van der Waals surface area contributed by atoms with Gasteiger partial charge in [0.2, 0.25) is 0 Å². The van der Waals surface area contributed by atoms with E-state index >= 15 is 0 Å². The highest BCUT2D eigenvalue weighted by atomic mass is 16.6. The molecule has 0 aromatic rings. The molecule has 3 nitrogen and oxygen atoms in total. The molecule has 1 aliphatic heterocycles. The quantitative estimate of drug-likeness (QED) is 0.605. The van der Waals surface area contributed by atoms with E-state index in [1.54, 1.807) is 0 Å². The number of ether oxygens (including phenoxy) is 3. The Morgan fingerprint density at radius 1 is 1.64 bits per heavy atom. The van der Waals surface area contributed by atoms with Crippen molar-refractivity contribution < 1.29 is 14.2 Å². The van der Waals surface area contributed by atoms with Gasteiger partial charge in [0.25, 0.3) is 0 Å². The molecule has 0 aromatic heterocycles. The zero-order valence-electron chi connectivity index (χ0n) is 6.91. The molecule has 1 radical (unpaired) electrons. The van der Waals surface area contributed by atoms with Gasteiger partial charge in [-0.25, -0.2) is 0 Å². The lowest BCUT2D eigenvalue weighted by Gasteiger charge is -2.27. The maximum atomic E-state index is 5.38. The third-order valence-electron chi connectivity index (χ3n) is 1.64. The van der Waals surface area contributed by atoms with E-state index in [1.165, 1.54) is 0 Å². The van der Waals surface area contributed by atoms with Crippen molar-refractivity contribution in [2.75, 3.05) is 26.4 Å². The minimum atomic E-state index is -0.0969. The summed E-state index contributed by atoms with van der Waals surface area (Å²) in [6.07, 6.45) is -0.0796. The first-order chi connectivity index (χ1) is 5.34. The minimum absolute atomic E-state index is 0.0173. The molecule has 0 amide bonds. The monoisotopic (exact) mass is 159 g/mol. The molecule has 65 valence electrons. The lowest BCUT2D eigenvalue weighted by molar-refractivity contribution is -0.134. The third kappa shape index (κ3) is 2.77. The SMILES string of the molecule is [CH2]C(OCC)C1COCCO1. The molecule has 0 spiro atoms. The molecular weight excluding hydrogens is 144 g/mol. The summed E-state index contributed by atoms with van der Waals surface area (Å²) in [4.78, 5) is 0. The van der Waals surface area contributed by atoms with Crippen LogP contribution in [0.15, 0.2) is 0 Å². The molecule has 1 heterocycles. The van der Waals surface area contributed by atoms with E-state index in [4.69, 9.17) is 14.2 Å². The highest BCUT2D eigenvalue weighted by Crippen LogP contribution is 2.07. The molecule has 1 saturated heterocycles. The molecule has 0 saturated carbocycles. The van der Waals surface area contributed by atoms with Gasteiger partial charge in [0.15, 0.2) is 0 Å². The first-order valence-electron chi connectivity index (χ1n) is 3.98. The molecule has 0 N–H and O–H groups in total. The van der Waals surface area contributed by atoms with Crippen LogP contribution in [0.25, 0.3) is 0 Å². The topological polar surface area (TPSA) is 27.7 Å². The fraction of sp³-hybridized carbons (Fsp3) is 0.875. The Bertz CT molecular complexity index is 99.5. The van der Waals surface area contributed by atoms with Crippen LogP contribution in [-0.2, 0) is 14.2 Å². The van der Waals surface area contributed by atoms with Crippen LogP contribution in [0.2, 0.25) is 0 Å². The molecular formula is C8H15O3. The van der Waals surface area contributed by atoms with E-state index < -0.39 is 0 Å². The van der Waals surface area contributed by atoms with Crippen LogP contribution < -0.4 is 0 Å². The summed E-state index contributed by atoms with van der Waals surface area (Å²) in [5.41, 5.74) is 0. The van der Waals surface area contributed by atoms with Crippen molar-refractivity contribution in [2.45, 2.75) is 19.1 Å². The molecule has 11 heavy (non-hydrogen) atoms. The number of hydrogen-bond donors (Lipinski definition) is 0. The van der Waals surface area contributed by atoms with Gasteiger partial charge in [0, 0.05) is 6.61 Å². The average molecular weight is 159 g/mol. The zero-order valence-corrected chi connectivity index (χ0v) is 6.91. The van der Waals surface area contributed by atoms with Gasteiger partial charge < -0.3 is 14.2 Å². The van der Waals surface area contributed by atoms with Gasteiger partial charge in [-0.1, -0.05) is 0 Å².